The van der Waals surface area contributed by atoms with Crippen LogP contribution in [0.25, 0.3) is 0 Å². The molecule has 5 heteroatoms. The molecule has 16 heavy (non-hydrogen) atoms. The zero-order valence-corrected chi connectivity index (χ0v) is 9.35. The Balaban J connectivity index is 2.71. The van der Waals surface area contributed by atoms with E-state index in [1.54, 1.807) is 18.2 Å². The lowest BCUT2D eigenvalue weighted by Crippen LogP contribution is -2.18. The highest BCUT2D eigenvalue weighted by atomic mass is 35.5. The van der Waals surface area contributed by atoms with Gasteiger partial charge in [0.2, 0.25) is 0 Å². The van der Waals surface area contributed by atoms with Crippen LogP contribution in [0, 0.1) is 5.92 Å². The maximum Gasteiger partial charge on any atom is 0.306 e. The predicted molar refractivity (Wildman–Crippen MR) is 63.6 cm³/mol. The topological polar surface area (TPSA) is 54.4 Å². The molecule has 0 aliphatic heterocycles. The van der Waals surface area contributed by atoms with Gasteiger partial charge in [0.15, 0.2) is 7.28 Å². The van der Waals surface area contributed by atoms with E-state index >= 15 is 0 Å². The number of benzene rings is 1. The van der Waals surface area contributed by atoms with E-state index in [1.165, 1.54) is 7.28 Å². The van der Waals surface area contributed by atoms with Gasteiger partial charge in [0, 0.05) is 5.02 Å². The average Bonchev–Trinajstić information content (AvgIpc) is 2.26. The average molecular weight is 237 g/mol. The molecule has 0 saturated heterocycles. The lowest BCUT2D eigenvalue weighted by molar-refractivity contribution is -0.141. The molecule has 0 amide bonds. The van der Waals surface area contributed by atoms with E-state index in [1.807, 2.05) is 6.07 Å². The Morgan fingerprint density at radius 2 is 2.19 bits per heavy atom. The third-order valence-corrected chi connectivity index (χ3v) is 2.66. The van der Waals surface area contributed by atoms with Gasteiger partial charge in [-0.05, 0) is 18.1 Å². The second-order valence-corrected chi connectivity index (χ2v) is 3.85. The molecule has 1 N–H and O–H groups in total. The fourth-order valence-electron chi connectivity index (χ4n) is 1.42. The highest BCUT2D eigenvalue weighted by Gasteiger charge is 2.18. The van der Waals surface area contributed by atoms with Crippen molar-refractivity contribution in [2.45, 2.75) is 12.7 Å². The molecule has 0 bridgehead atoms. The van der Waals surface area contributed by atoms with Crippen LogP contribution in [0.3, 0.4) is 0 Å². The fourth-order valence-corrected chi connectivity index (χ4v) is 1.63. The molecular formula is C11H11BClO3. The smallest absolute Gasteiger partial charge is 0.306 e. The number of halogens is 1. The molecule has 0 fully saturated rings. The maximum atomic E-state index is 10.9. The molecule has 0 aliphatic carbocycles. The SMILES string of the molecule is O=C[B]C[C@@H](Cc1ccccc1Cl)C(=O)O. The number of rotatable bonds is 6. The zero-order chi connectivity index (χ0) is 12.0. The molecule has 0 heterocycles. The Hall–Kier alpha value is -1.29. The summed E-state index contributed by atoms with van der Waals surface area (Å²) in [5.41, 5.74) is 0.788. The van der Waals surface area contributed by atoms with Crippen LogP contribution >= 0.6 is 11.6 Å². The third-order valence-electron chi connectivity index (χ3n) is 2.29. The number of hydrogen-bond donors (Lipinski definition) is 1. The standard InChI is InChI=1S/C11H11BClO3/c13-10-4-2-1-3-8(10)5-9(11(15)16)6-12-7-14/h1-4,7,9H,5-6H2,(H,15,16)/t9-/m1/s1. The summed E-state index contributed by atoms with van der Waals surface area (Å²) in [7, 11) is 1.32. The highest BCUT2D eigenvalue weighted by Crippen LogP contribution is 2.20. The Morgan fingerprint density at radius 1 is 1.50 bits per heavy atom. The van der Waals surface area contributed by atoms with Gasteiger partial charge in [-0.3, -0.25) is 4.79 Å². The first-order chi connectivity index (χ1) is 7.65. The summed E-state index contributed by atoms with van der Waals surface area (Å²) in [6, 6.07) is 7.11. The summed E-state index contributed by atoms with van der Waals surface area (Å²) in [6.45, 7) is 0. The molecule has 0 unspecified atom stereocenters. The van der Waals surface area contributed by atoms with Crippen LogP contribution in [-0.4, -0.2) is 24.5 Å². The van der Waals surface area contributed by atoms with Gasteiger partial charge in [0.05, 0.1) is 12.1 Å². The van der Waals surface area contributed by atoms with E-state index in [9.17, 15) is 9.59 Å². The van der Waals surface area contributed by atoms with Crippen molar-refractivity contribution in [3.8, 4) is 0 Å². The van der Waals surface area contributed by atoms with Crippen LogP contribution in [0.1, 0.15) is 5.56 Å². The van der Waals surface area contributed by atoms with Gasteiger partial charge < -0.3 is 9.90 Å². The van der Waals surface area contributed by atoms with Crippen LogP contribution in [0.15, 0.2) is 24.3 Å². The molecule has 0 aliphatic rings. The van der Waals surface area contributed by atoms with Crippen molar-refractivity contribution in [3.63, 3.8) is 0 Å². The number of carboxylic acid groups (broad SMARTS) is 1. The number of hydrogen-bond acceptors (Lipinski definition) is 2. The van der Waals surface area contributed by atoms with Crippen molar-refractivity contribution in [1.82, 2.24) is 0 Å². The van der Waals surface area contributed by atoms with Crippen molar-refractivity contribution in [2.24, 2.45) is 5.92 Å². The van der Waals surface area contributed by atoms with E-state index in [-0.39, 0.29) is 6.32 Å². The monoisotopic (exact) mass is 237 g/mol. The molecule has 0 aromatic heterocycles. The van der Waals surface area contributed by atoms with Gasteiger partial charge in [-0.25, -0.2) is 0 Å². The molecule has 0 saturated carbocycles. The van der Waals surface area contributed by atoms with E-state index < -0.39 is 11.9 Å². The zero-order valence-electron chi connectivity index (χ0n) is 8.60. The van der Waals surface area contributed by atoms with Gasteiger partial charge in [-0.1, -0.05) is 36.1 Å². The van der Waals surface area contributed by atoms with Gasteiger partial charge in [-0.2, -0.15) is 0 Å². The van der Waals surface area contributed by atoms with Gasteiger partial charge in [0.25, 0.3) is 0 Å². The number of carboxylic acids is 1. The van der Waals surface area contributed by atoms with Crippen molar-refractivity contribution < 1.29 is 14.7 Å². The molecule has 1 atom stereocenters. The van der Waals surface area contributed by atoms with Gasteiger partial charge in [-0.15, -0.1) is 0 Å². The van der Waals surface area contributed by atoms with Crippen molar-refractivity contribution in [3.05, 3.63) is 34.9 Å². The van der Waals surface area contributed by atoms with Crippen LogP contribution in [-0.2, 0) is 16.0 Å². The van der Waals surface area contributed by atoms with Gasteiger partial charge in [0.1, 0.15) is 0 Å². The van der Waals surface area contributed by atoms with Crippen molar-refractivity contribution >= 4 is 31.0 Å². The van der Waals surface area contributed by atoms with E-state index in [2.05, 4.69) is 0 Å². The summed E-state index contributed by atoms with van der Waals surface area (Å²) >= 11 is 5.93. The molecule has 83 valence electrons. The summed E-state index contributed by atoms with van der Waals surface area (Å²) in [4.78, 5) is 21.1. The predicted octanol–water partition coefficient (Wildman–Crippen LogP) is 1.90. The van der Waals surface area contributed by atoms with E-state index in [0.717, 1.165) is 5.56 Å². The minimum atomic E-state index is -0.919. The second kappa shape index (κ2) is 6.33. The lowest BCUT2D eigenvalue weighted by atomic mass is 9.70. The lowest BCUT2D eigenvalue weighted by Gasteiger charge is -2.11. The summed E-state index contributed by atoms with van der Waals surface area (Å²) in [5.74, 6) is -1.52. The van der Waals surface area contributed by atoms with Crippen molar-refractivity contribution in [2.75, 3.05) is 0 Å². The minimum Gasteiger partial charge on any atom is -0.481 e. The molecule has 1 aromatic rings. The first-order valence-electron chi connectivity index (χ1n) is 4.88. The quantitative estimate of drug-likeness (QED) is 0.607. The summed E-state index contributed by atoms with van der Waals surface area (Å²) < 4.78 is 0. The number of carbonyl (C=O) groups excluding carboxylic acids is 1. The second-order valence-electron chi connectivity index (χ2n) is 3.44. The summed E-state index contributed by atoms with van der Waals surface area (Å²) in [6.07, 6.45) is 1.17. The summed E-state index contributed by atoms with van der Waals surface area (Å²) in [5, 5.41) is 9.53. The Kier molecular flexibility index (Phi) is 5.06. The van der Waals surface area contributed by atoms with E-state index in [0.29, 0.717) is 17.6 Å². The first-order valence-corrected chi connectivity index (χ1v) is 5.26. The van der Waals surface area contributed by atoms with Crippen LogP contribution in [0.2, 0.25) is 11.3 Å². The van der Waals surface area contributed by atoms with Crippen molar-refractivity contribution in [1.29, 1.82) is 0 Å². The molecule has 3 nitrogen and oxygen atoms in total. The van der Waals surface area contributed by atoms with Crippen LogP contribution in [0.4, 0.5) is 0 Å². The molecule has 1 rings (SSSR count). The largest absolute Gasteiger partial charge is 0.481 e. The Labute approximate surface area is 99.7 Å². The van der Waals surface area contributed by atoms with Crippen LogP contribution in [0.5, 0.6) is 0 Å². The fraction of sp³-hybridized carbons (Fsp3) is 0.273. The molecule has 1 radical (unpaired) electrons. The molecular weight excluding hydrogens is 226 g/mol. The van der Waals surface area contributed by atoms with Crippen LogP contribution < -0.4 is 0 Å². The highest BCUT2D eigenvalue weighted by molar-refractivity contribution is 6.66. The minimum absolute atomic E-state index is 0.226. The third kappa shape index (κ3) is 3.70. The normalized spacial score (nSPS) is 11.8. The molecule has 0 spiro atoms. The maximum absolute atomic E-state index is 10.9. The Bertz CT molecular complexity index is 381. The van der Waals surface area contributed by atoms with E-state index in [4.69, 9.17) is 16.7 Å². The first kappa shape index (κ1) is 12.8. The molecule has 1 aromatic carbocycles. The number of carbonyl (C=O) groups is 2. The number of aliphatic carboxylic acids is 1. The van der Waals surface area contributed by atoms with Gasteiger partial charge >= 0.3 is 5.97 Å². The Morgan fingerprint density at radius 3 is 2.75 bits per heavy atom.